The van der Waals surface area contributed by atoms with Crippen LogP contribution in [0.2, 0.25) is 10.0 Å². The minimum atomic E-state index is -0.353. The second kappa shape index (κ2) is 15.5. The molecule has 41 heavy (non-hydrogen) atoms. The molecule has 0 unspecified atom stereocenters. The first-order valence-electron chi connectivity index (χ1n) is 12.0. The largest absolute Gasteiger partial charge is 0.490 e. The minimum absolute atomic E-state index is 0.0127. The molecule has 0 atom stereocenters. The van der Waals surface area contributed by atoms with Gasteiger partial charge in [0.25, 0.3) is 17.0 Å². The Hall–Kier alpha value is -2.77. The van der Waals surface area contributed by atoms with Gasteiger partial charge >= 0.3 is 0 Å². The lowest BCUT2D eigenvalue weighted by Gasteiger charge is -2.14. The topological polar surface area (TPSA) is 108 Å². The molecule has 4 rings (SSSR count). The normalized spacial score (nSPS) is 11.0. The molecule has 1 aromatic heterocycles. The molecular weight excluding hydrogens is 723 g/mol. The van der Waals surface area contributed by atoms with Crippen LogP contribution >= 0.6 is 66.8 Å². The Bertz CT molecular complexity index is 1520. The highest BCUT2D eigenvalue weighted by Gasteiger charge is 2.14. The molecule has 0 fully saturated rings. The van der Waals surface area contributed by atoms with Crippen LogP contribution in [0.4, 0.5) is 0 Å². The van der Waals surface area contributed by atoms with Gasteiger partial charge in [0.15, 0.2) is 18.1 Å². The van der Waals surface area contributed by atoms with Gasteiger partial charge in [-0.3, -0.25) is 4.79 Å². The van der Waals surface area contributed by atoms with Gasteiger partial charge in [0.1, 0.15) is 12.4 Å². The van der Waals surface area contributed by atoms with Gasteiger partial charge in [-0.05, 0) is 76.4 Å². The van der Waals surface area contributed by atoms with Crippen molar-refractivity contribution in [1.29, 1.82) is 0 Å². The fraction of sp³-hybridized carbons (Fsp3) is 0.185. The fourth-order valence-electron chi connectivity index (χ4n) is 3.23. The van der Waals surface area contributed by atoms with Gasteiger partial charge in [-0.2, -0.15) is 5.10 Å². The van der Waals surface area contributed by atoms with E-state index in [9.17, 15) is 4.79 Å². The van der Waals surface area contributed by atoms with E-state index >= 15 is 0 Å². The highest BCUT2D eigenvalue weighted by Crippen LogP contribution is 2.37. The molecule has 0 radical (unpaired) electrons. The average Bonchev–Trinajstić information content (AvgIpc) is 3.40. The number of benzene rings is 3. The lowest BCUT2D eigenvalue weighted by Crippen LogP contribution is -2.19. The molecule has 0 aliphatic rings. The number of carbonyl (C=O) groups is 1. The van der Waals surface area contributed by atoms with Crippen molar-refractivity contribution in [2.45, 2.75) is 25.4 Å². The second-order valence-electron chi connectivity index (χ2n) is 8.09. The van der Waals surface area contributed by atoms with Gasteiger partial charge in [-0.25, -0.2) is 5.43 Å². The number of ether oxygens (including phenoxy) is 3. The summed E-state index contributed by atoms with van der Waals surface area (Å²) in [5.74, 6) is 1.46. The molecule has 1 heterocycles. The summed E-state index contributed by atoms with van der Waals surface area (Å²) in [7, 11) is 0. The Morgan fingerprint density at radius 3 is 2.59 bits per heavy atom. The van der Waals surface area contributed by atoms with Gasteiger partial charge in [0, 0.05) is 9.50 Å². The van der Waals surface area contributed by atoms with Crippen LogP contribution in [-0.2, 0) is 18.0 Å². The molecule has 3 aromatic carbocycles. The number of rotatable bonds is 13. The van der Waals surface area contributed by atoms with E-state index in [1.807, 2.05) is 37.3 Å². The van der Waals surface area contributed by atoms with Crippen LogP contribution in [0.25, 0.3) is 0 Å². The van der Waals surface area contributed by atoms with Crippen LogP contribution in [0.15, 0.2) is 78.3 Å². The average molecular weight is 745 g/mol. The SMILES string of the molecule is CCOc1cc(/C=N\NC(=O)CSc2nnc(COc3ccc(Cl)cc3Cl)o2)cc(Br)c1OCc1ccc(Br)cc1. The van der Waals surface area contributed by atoms with Gasteiger partial charge in [0.05, 0.1) is 28.1 Å². The van der Waals surface area contributed by atoms with Gasteiger partial charge in [-0.1, -0.05) is 63.0 Å². The van der Waals surface area contributed by atoms with Crippen molar-refractivity contribution in [2.75, 3.05) is 12.4 Å². The van der Waals surface area contributed by atoms with E-state index in [0.717, 1.165) is 21.8 Å². The number of carbonyl (C=O) groups excluding carboxylic acids is 1. The molecule has 214 valence electrons. The van der Waals surface area contributed by atoms with Crippen LogP contribution in [0.1, 0.15) is 23.9 Å². The summed E-state index contributed by atoms with van der Waals surface area (Å²) in [6.07, 6.45) is 1.51. The third-order valence-electron chi connectivity index (χ3n) is 5.05. The number of nitrogens with zero attached hydrogens (tertiary/aromatic N) is 3. The minimum Gasteiger partial charge on any atom is -0.490 e. The van der Waals surface area contributed by atoms with Crippen molar-refractivity contribution < 1.29 is 23.4 Å². The maximum absolute atomic E-state index is 12.3. The Morgan fingerprint density at radius 2 is 1.83 bits per heavy atom. The molecule has 0 bridgehead atoms. The first-order valence-corrected chi connectivity index (χ1v) is 15.3. The van der Waals surface area contributed by atoms with E-state index in [2.05, 4.69) is 52.6 Å². The summed E-state index contributed by atoms with van der Waals surface area (Å²) in [4.78, 5) is 12.3. The first-order chi connectivity index (χ1) is 19.8. The van der Waals surface area contributed by atoms with Gasteiger partial charge in [-0.15, -0.1) is 10.2 Å². The number of thioether (sulfide) groups is 1. The van der Waals surface area contributed by atoms with Crippen LogP contribution in [0.3, 0.4) is 0 Å². The van der Waals surface area contributed by atoms with Gasteiger partial charge in [0.2, 0.25) is 0 Å². The number of amides is 1. The summed E-state index contributed by atoms with van der Waals surface area (Å²) in [6, 6.07) is 16.4. The third-order valence-corrected chi connectivity index (χ3v) is 7.52. The third kappa shape index (κ3) is 9.64. The van der Waals surface area contributed by atoms with Crippen molar-refractivity contribution in [3.63, 3.8) is 0 Å². The van der Waals surface area contributed by atoms with E-state index in [-0.39, 0.29) is 29.4 Å². The summed E-state index contributed by atoms with van der Waals surface area (Å²) in [5.41, 5.74) is 4.20. The van der Waals surface area contributed by atoms with E-state index < -0.39 is 0 Å². The Kier molecular flexibility index (Phi) is 11.8. The van der Waals surface area contributed by atoms with Crippen molar-refractivity contribution in [3.05, 3.63) is 90.6 Å². The molecule has 0 saturated carbocycles. The lowest BCUT2D eigenvalue weighted by atomic mass is 10.2. The molecule has 0 spiro atoms. The Labute approximate surface area is 267 Å². The van der Waals surface area contributed by atoms with Crippen molar-refractivity contribution in [3.8, 4) is 17.2 Å². The number of halogens is 4. The summed E-state index contributed by atoms with van der Waals surface area (Å²) >= 11 is 20.0. The van der Waals surface area contributed by atoms with Crippen LogP contribution < -0.4 is 19.6 Å². The molecular formula is C27H22Br2Cl2N4O5S. The molecule has 14 heteroatoms. The number of nitrogens with one attached hydrogen (secondary N) is 1. The monoisotopic (exact) mass is 742 g/mol. The van der Waals surface area contributed by atoms with E-state index in [1.165, 1.54) is 6.21 Å². The zero-order valence-electron chi connectivity index (χ0n) is 21.4. The summed E-state index contributed by atoms with van der Waals surface area (Å²) < 4.78 is 24.6. The molecule has 4 aromatic rings. The van der Waals surface area contributed by atoms with E-state index in [1.54, 1.807) is 24.3 Å². The first kappa shape index (κ1) is 31.2. The van der Waals surface area contributed by atoms with Crippen molar-refractivity contribution in [1.82, 2.24) is 15.6 Å². The number of hydrogen-bond acceptors (Lipinski definition) is 9. The smallest absolute Gasteiger partial charge is 0.277 e. The Morgan fingerprint density at radius 1 is 1.02 bits per heavy atom. The van der Waals surface area contributed by atoms with Crippen molar-refractivity contribution in [2.24, 2.45) is 5.10 Å². The van der Waals surface area contributed by atoms with Gasteiger partial charge < -0.3 is 18.6 Å². The molecule has 0 saturated heterocycles. The number of hydrazone groups is 1. The predicted molar refractivity (Wildman–Crippen MR) is 165 cm³/mol. The molecule has 1 amide bonds. The maximum Gasteiger partial charge on any atom is 0.277 e. The molecule has 0 aliphatic heterocycles. The van der Waals surface area contributed by atoms with E-state index in [4.69, 9.17) is 41.8 Å². The zero-order valence-corrected chi connectivity index (χ0v) is 26.9. The fourth-order valence-corrected chi connectivity index (χ4v) is 5.10. The number of aromatic nitrogens is 2. The summed E-state index contributed by atoms with van der Waals surface area (Å²) in [6.45, 7) is 2.73. The second-order valence-corrected chi connectivity index (χ2v) is 11.6. The molecule has 9 nitrogen and oxygen atoms in total. The van der Waals surface area contributed by atoms with Crippen LogP contribution in [0.5, 0.6) is 17.2 Å². The zero-order chi connectivity index (χ0) is 29.2. The summed E-state index contributed by atoms with van der Waals surface area (Å²) in [5, 5.41) is 12.9. The highest BCUT2D eigenvalue weighted by atomic mass is 79.9. The van der Waals surface area contributed by atoms with Crippen LogP contribution in [0, 0.1) is 0 Å². The number of hydrogen-bond donors (Lipinski definition) is 1. The highest BCUT2D eigenvalue weighted by molar-refractivity contribution is 9.10. The Balaban J connectivity index is 1.27. The molecule has 0 aliphatic carbocycles. The van der Waals surface area contributed by atoms with E-state index in [0.29, 0.717) is 50.5 Å². The molecule has 1 N–H and O–H groups in total. The quantitative estimate of drug-likeness (QED) is 0.0844. The van der Waals surface area contributed by atoms with Crippen molar-refractivity contribution >= 4 is 78.9 Å². The lowest BCUT2D eigenvalue weighted by molar-refractivity contribution is -0.118. The van der Waals surface area contributed by atoms with Crippen LogP contribution in [-0.4, -0.2) is 34.7 Å². The maximum atomic E-state index is 12.3. The predicted octanol–water partition coefficient (Wildman–Crippen LogP) is 7.70. The standard InChI is InChI=1S/C27H22Br2Cl2N4O5S/c1-2-37-23-10-17(9-20(29)26(23)39-13-16-3-5-18(28)6-4-16)12-32-33-24(36)15-41-27-35-34-25(40-27)14-38-22-8-7-19(30)11-21(22)31/h3-12H,2,13-15H2,1H3,(H,33,36)/b32-12-.